The molecule has 2 aliphatic rings. The number of halogens is 1. The van der Waals surface area contributed by atoms with Crippen LogP contribution in [0.25, 0.3) is 22.3 Å². The van der Waals surface area contributed by atoms with Gasteiger partial charge in [0.15, 0.2) is 0 Å². The summed E-state index contributed by atoms with van der Waals surface area (Å²) in [7, 11) is -3.67. The Balaban J connectivity index is 1.59. The molecule has 5 rings (SSSR count). The van der Waals surface area contributed by atoms with Crippen molar-refractivity contribution in [2.45, 2.75) is 68.8 Å². The van der Waals surface area contributed by atoms with Crippen molar-refractivity contribution >= 4 is 20.9 Å². The first-order valence-electron chi connectivity index (χ1n) is 11.6. The molecular formula is C25H27FN4O2S. The van der Waals surface area contributed by atoms with E-state index in [1.807, 2.05) is 6.92 Å². The number of nitriles is 1. The maximum Gasteiger partial charge on any atom is 0.242 e. The normalized spacial score (nSPS) is 18.3. The number of pyridine rings is 1. The van der Waals surface area contributed by atoms with Crippen LogP contribution in [0, 0.1) is 23.1 Å². The molecule has 0 radical (unpaired) electrons. The molecule has 2 saturated carbocycles. The van der Waals surface area contributed by atoms with E-state index in [2.05, 4.69) is 20.3 Å². The minimum absolute atomic E-state index is 0.101. The Morgan fingerprint density at radius 3 is 2.55 bits per heavy atom. The number of sulfonamides is 1. The van der Waals surface area contributed by atoms with Crippen molar-refractivity contribution in [3.8, 4) is 17.5 Å². The molecule has 0 spiro atoms. The van der Waals surface area contributed by atoms with Gasteiger partial charge in [0.1, 0.15) is 16.8 Å². The number of rotatable bonds is 6. The maximum absolute atomic E-state index is 14.1. The summed E-state index contributed by atoms with van der Waals surface area (Å²) >= 11 is 0. The summed E-state index contributed by atoms with van der Waals surface area (Å²) in [5.41, 5.74) is 2.34. The molecule has 8 heteroatoms. The van der Waals surface area contributed by atoms with Gasteiger partial charge in [-0.2, -0.15) is 5.26 Å². The van der Waals surface area contributed by atoms with Gasteiger partial charge in [0, 0.05) is 23.7 Å². The molecule has 0 amide bonds. The first kappa shape index (κ1) is 22.1. The molecule has 0 unspecified atom stereocenters. The second-order valence-corrected chi connectivity index (χ2v) is 11.0. The molecule has 172 valence electrons. The van der Waals surface area contributed by atoms with Crippen molar-refractivity contribution in [1.82, 2.24) is 14.3 Å². The third-order valence-corrected chi connectivity index (χ3v) is 8.52. The summed E-state index contributed by atoms with van der Waals surface area (Å²) in [5.74, 6) is 0.00777. The smallest absolute Gasteiger partial charge is 0.242 e. The minimum Gasteiger partial charge on any atom is -0.335 e. The molecule has 2 aliphatic carbocycles. The number of hydrogen-bond donors (Lipinski definition) is 1. The lowest BCUT2D eigenvalue weighted by molar-refractivity contribution is 0.363. The fourth-order valence-corrected chi connectivity index (χ4v) is 6.31. The molecule has 0 saturated heterocycles. The molecule has 1 aromatic carbocycles. The molecular weight excluding hydrogens is 439 g/mol. The number of nitrogens with one attached hydrogen (secondary N) is 1. The lowest BCUT2D eigenvalue weighted by Crippen LogP contribution is -2.34. The maximum atomic E-state index is 14.1. The first-order chi connectivity index (χ1) is 15.9. The van der Waals surface area contributed by atoms with Gasteiger partial charge in [0.25, 0.3) is 0 Å². The van der Waals surface area contributed by atoms with Crippen LogP contribution in [-0.4, -0.2) is 24.0 Å². The fourth-order valence-electron chi connectivity index (χ4n) is 5.05. The highest BCUT2D eigenvalue weighted by molar-refractivity contribution is 7.89. The second-order valence-electron chi connectivity index (χ2n) is 9.29. The number of aromatic nitrogens is 2. The van der Waals surface area contributed by atoms with Crippen LogP contribution in [0.2, 0.25) is 0 Å². The van der Waals surface area contributed by atoms with E-state index in [0.29, 0.717) is 28.3 Å². The highest BCUT2D eigenvalue weighted by Crippen LogP contribution is 2.40. The molecule has 33 heavy (non-hydrogen) atoms. The van der Waals surface area contributed by atoms with Crippen molar-refractivity contribution in [1.29, 1.82) is 5.26 Å². The Kier molecular flexibility index (Phi) is 5.71. The zero-order valence-corrected chi connectivity index (χ0v) is 19.4. The van der Waals surface area contributed by atoms with Gasteiger partial charge in [0.05, 0.1) is 22.5 Å². The predicted octanol–water partition coefficient (Wildman–Crippen LogP) is 5.30. The van der Waals surface area contributed by atoms with Gasteiger partial charge in [0.2, 0.25) is 10.0 Å². The zero-order chi connectivity index (χ0) is 23.2. The molecule has 2 heterocycles. The lowest BCUT2D eigenvalue weighted by atomic mass is 9.95. The van der Waals surface area contributed by atoms with Crippen LogP contribution in [0.1, 0.15) is 63.5 Å². The zero-order valence-electron chi connectivity index (χ0n) is 18.6. The number of nitrogens with zero attached hydrogens (tertiary/aromatic N) is 3. The predicted molar refractivity (Wildman–Crippen MR) is 124 cm³/mol. The number of fused-ring (bicyclic) bond motifs is 1. The van der Waals surface area contributed by atoms with Crippen LogP contribution >= 0.6 is 0 Å². The van der Waals surface area contributed by atoms with Crippen LogP contribution in [0.5, 0.6) is 0 Å². The quantitative estimate of drug-likeness (QED) is 0.534. The largest absolute Gasteiger partial charge is 0.335 e. The van der Waals surface area contributed by atoms with Crippen LogP contribution in [0.15, 0.2) is 41.4 Å². The molecule has 1 N–H and O–H groups in total. The van der Waals surface area contributed by atoms with Gasteiger partial charge in [-0.05, 0) is 68.9 Å². The van der Waals surface area contributed by atoms with Crippen LogP contribution < -0.4 is 4.72 Å². The van der Waals surface area contributed by atoms with E-state index in [9.17, 15) is 18.1 Å². The summed E-state index contributed by atoms with van der Waals surface area (Å²) in [6.45, 7) is 1.89. The Hall–Kier alpha value is -2.76. The Labute approximate surface area is 193 Å². The summed E-state index contributed by atoms with van der Waals surface area (Å²) in [6.07, 6.45) is 8.78. The third-order valence-electron chi connectivity index (χ3n) is 6.98. The average Bonchev–Trinajstić information content (AvgIpc) is 3.61. The van der Waals surface area contributed by atoms with E-state index in [1.165, 1.54) is 30.8 Å². The van der Waals surface area contributed by atoms with Crippen molar-refractivity contribution in [3.63, 3.8) is 0 Å². The van der Waals surface area contributed by atoms with E-state index in [4.69, 9.17) is 0 Å². The number of benzene rings is 1. The summed E-state index contributed by atoms with van der Waals surface area (Å²) in [5, 5.41) is 10.6. The minimum atomic E-state index is -3.67. The van der Waals surface area contributed by atoms with E-state index in [-0.39, 0.29) is 17.0 Å². The Bertz CT molecular complexity index is 1330. The van der Waals surface area contributed by atoms with E-state index in [1.54, 1.807) is 12.1 Å². The van der Waals surface area contributed by atoms with Gasteiger partial charge >= 0.3 is 0 Å². The van der Waals surface area contributed by atoms with E-state index < -0.39 is 15.8 Å². The molecule has 0 bridgehead atoms. The molecule has 3 aromatic rings. The SMILES string of the molecule is C[C@H](NS(=O)(=O)c1ccc(-c2c(C#N)c3cc(F)ccc3n2C2CCCCC2)nc1)C1CC1. The molecule has 2 fully saturated rings. The second kappa shape index (κ2) is 8.54. The van der Waals surface area contributed by atoms with Crippen molar-refractivity contribution < 1.29 is 12.8 Å². The standard InChI is InChI=1S/C25H27FN4O2S/c1-16(17-7-8-17)29-33(31,32)20-10-11-23(28-15-20)25-22(14-27)21-13-18(26)9-12-24(21)30(25)19-5-3-2-4-6-19/h9-13,15-17,19,29H,2-8H2,1H3/t16-/m0/s1. The van der Waals surface area contributed by atoms with Crippen LogP contribution in [-0.2, 0) is 10.0 Å². The average molecular weight is 467 g/mol. The van der Waals surface area contributed by atoms with Crippen LogP contribution in [0.3, 0.4) is 0 Å². The van der Waals surface area contributed by atoms with E-state index >= 15 is 0 Å². The van der Waals surface area contributed by atoms with Crippen LogP contribution in [0.4, 0.5) is 4.39 Å². The van der Waals surface area contributed by atoms with Gasteiger partial charge in [-0.1, -0.05) is 19.3 Å². The van der Waals surface area contributed by atoms with Crippen molar-refractivity contribution in [3.05, 3.63) is 47.9 Å². The molecule has 0 aliphatic heterocycles. The van der Waals surface area contributed by atoms with Gasteiger partial charge < -0.3 is 4.57 Å². The molecule has 2 aromatic heterocycles. The summed E-state index contributed by atoms with van der Waals surface area (Å²) in [6, 6.07) is 10.1. The Morgan fingerprint density at radius 1 is 1.15 bits per heavy atom. The van der Waals surface area contributed by atoms with Gasteiger partial charge in [-0.25, -0.2) is 17.5 Å². The van der Waals surface area contributed by atoms with Crippen molar-refractivity contribution in [2.24, 2.45) is 5.92 Å². The fraction of sp³-hybridized carbons (Fsp3) is 0.440. The van der Waals surface area contributed by atoms with Gasteiger partial charge in [-0.3, -0.25) is 4.98 Å². The highest BCUT2D eigenvalue weighted by atomic mass is 32.2. The summed E-state index contributed by atoms with van der Waals surface area (Å²) < 4.78 is 44.5. The third kappa shape index (κ3) is 4.16. The monoisotopic (exact) mass is 466 g/mol. The highest BCUT2D eigenvalue weighted by Gasteiger charge is 2.32. The topological polar surface area (TPSA) is 87.8 Å². The molecule has 6 nitrogen and oxygen atoms in total. The lowest BCUT2D eigenvalue weighted by Gasteiger charge is -2.26. The summed E-state index contributed by atoms with van der Waals surface area (Å²) in [4.78, 5) is 4.58. The molecule has 1 atom stereocenters. The Morgan fingerprint density at radius 2 is 1.91 bits per heavy atom. The van der Waals surface area contributed by atoms with Crippen molar-refractivity contribution in [2.75, 3.05) is 0 Å². The first-order valence-corrected chi connectivity index (χ1v) is 13.1. The number of hydrogen-bond acceptors (Lipinski definition) is 4. The van der Waals surface area contributed by atoms with E-state index in [0.717, 1.165) is 44.0 Å². The van der Waals surface area contributed by atoms with Gasteiger partial charge in [-0.15, -0.1) is 0 Å².